The highest BCUT2D eigenvalue weighted by Gasteiger charge is 1.98. The molecule has 0 atom stereocenters. The molecule has 0 amide bonds. The van der Waals surface area contributed by atoms with Crippen molar-refractivity contribution in [3.8, 4) is 0 Å². The normalized spacial score (nSPS) is 11.0. The lowest BCUT2D eigenvalue weighted by Crippen LogP contribution is -2.30. The number of nitrogens with zero attached hydrogens (tertiary/aromatic N) is 2. The van der Waals surface area contributed by atoms with Gasteiger partial charge in [0.1, 0.15) is 17.2 Å². The second-order valence-corrected chi connectivity index (χ2v) is 7.00. The fraction of sp³-hybridized carbons (Fsp3) is 0.100. The molecule has 0 saturated heterocycles. The monoisotopic (exact) mass is 368 g/mol. The number of aryl methyl sites for hydroxylation is 2. The van der Waals surface area contributed by atoms with Crippen LogP contribution in [0.15, 0.2) is 78.1 Å². The van der Waals surface area contributed by atoms with Gasteiger partial charge >= 0.3 is 0 Å². The lowest BCUT2D eigenvalue weighted by molar-refractivity contribution is -0.673. The molecule has 3 rings (SSSR count). The zero-order valence-electron chi connectivity index (χ0n) is 14.6. The molecule has 0 radical (unpaired) electrons. The van der Waals surface area contributed by atoms with Crippen molar-refractivity contribution in [3.63, 3.8) is 0 Å². The van der Waals surface area contributed by atoms with Gasteiger partial charge in [-0.15, -0.1) is 0 Å². The van der Waals surface area contributed by atoms with Crippen LogP contribution in [-0.4, -0.2) is 18.0 Å². The Morgan fingerprint density at radius 2 is 1.62 bits per heavy atom. The number of hydrogen-bond acceptors (Lipinski definition) is 4. The van der Waals surface area contributed by atoms with Crippen LogP contribution in [0.3, 0.4) is 0 Å². The fourth-order valence-electron chi connectivity index (χ4n) is 2.07. The molecule has 2 aromatic heterocycles. The predicted molar refractivity (Wildman–Crippen MR) is 99.9 cm³/mol. The van der Waals surface area contributed by atoms with Crippen LogP contribution in [0.5, 0.6) is 0 Å². The van der Waals surface area contributed by atoms with Gasteiger partial charge in [0, 0.05) is 30.6 Å². The van der Waals surface area contributed by atoms with Crippen molar-refractivity contribution in [1.82, 2.24) is 4.98 Å². The van der Waals surface area contributed by atoms with Crippen molar-refractivity contribution in [2.45, 2.75) is 11.8 Å². The summed E-state index contributed by atoms with van der Waals surface area (Å²) in [7, 11) is -2.24. The van der Waals surface area contributed by atoms with E-state index in [1.165, 1.54) is 17.8 Å². The molecule has 0 N–H and O–H groups in total. The third-order valence-corrected chi connectivity index (χ3v) is 4.41. The standard InChI is InChI=1S/C13H13N2.C7H8O3S/c1-15-11-3-2-4-13(15)6-5-12-7-9-14-10-8-12;1-6-2-4-7(5-3-6)11(8,9)10/h2-11H,1H3;2-5H,1H3,(H,8,9,10)/q+1;/p-1. The molecule has 0 aliphatic rings. The van der Waals surface area contributed by atoms with Gasteiger partial charge in [-0.3, -0.25) is 4.98 Å². The number of benzene rings is 1. The van der Waals surface area contributed by atoms with Gasteiger partial charge in [0.15, 0.2) is 6.20 Å². The molecule has 0 aliphatic heterocycles. The molecule has 3 aromatic rings. The Labute approximate surface area is 154 Å². The molecule has 5 nitrogen and oxygen atoms in total. The number of hydrogen-bond donors (Lipinski definition) is 0. The van der Waals surface area contributed by atoms with Gasteiger partial charge in [0.25, 0.3) is 0 Å². The number of rotatable bonds is 3. The van der Waals surface area contributed by atoms with E-state index in [1.807, 2.05) is 44.4 Å². The molecule has 134 valence electrons. The molecule has 0 saturated carbocycles. The first-order valence-electron chi connectivity index (χ1n) is 7.91. The van der Waals surface area contributed by atoms with Crippen molar-refractivity contribution < 1.29 is 17.5 Å². The Morgan fingerprint density at radius 1 is 0.962 bits per heavy atom. The van der Waals surface area contributed by atoms with Crippen LogP contribution in [0.1, 0.15) is 16.8 Å². The average Bonchev–Trinajstić information content (AvgIpc) is 2.62. The summed E-state index contributed by atoms with van der Waals surface area (Å²) in [6.07, 6.45) is 9.80. The zero-order valence-corrected chi connectivity index (χ0v) is 15.4. The van der Waals surface area contributed by atoms with Crippen LogP contribution >= 0.6 is 0 Å². The lowest BCUT2D eigenvalue weighted by Gasteiger charge is -2.05. The molecule has 0 spiro atoms. The first-order valence-corrected chi connectivity index (χ1v) is 9.32. The highest BCUT2D eigenvalue weighted by Crippen LogP contribution is 2.08. The van der Waals surface area contributed by atoms with Gasteiger partial charge in [-0.25, -0.2) is 13.0 Å². The molecule has 26 heavy (non-hydrogen) atoms. The summed E-state index contributed by atoms with van der Waals surface area (Å²) in [4.78, 5) is 3.80. The van der Waals surface area contributed by atoms with Crippen LogP contribution in [0.25, 0.3) is 12.2 Å². The number of pyridine rings is 2. The smallest absolute Gasteiger partial charge is 0.204 e. The van der Waals surface area contributed by atoms with Crippen LogP contribution in [0.2, 0.25) is 0 Å². The van der Waals surface area contributed by atoms with Gasteiger partial charge in [-0.2, -0.15) is 0 Å². The Balaban J connectivity index is 0.000000197. The van der Waals surface area contributed by atoms with Crippen LogP contribution in [0, 0.1) is 6.92 Å². The average molecular weight is 368 g/mol. The van der Waals surface area contributed by atoms with Gasteiger partial charge in [0.05, 0.1) is 4.90 Å². The van der Waals surface area contributed by atoms with Crippen molar-refractivity contribution in [1.29, 1.82) is 0 Å². The Morgan fingerprint density at radius 3 is 2.19 bits per heavy atom. The lowest BCUT2D eigenvalue weighted by atomic mass is 10.2. The Kier molecular flexibility index (Phi) is 6.77. The highest BCUT2D eigenvalue weighted by atomic mass is 32.2. The summed E-state index contributed by atoms with van der Waals surface area (Å²) in [6.45, 7) is 1.82. The van der Waals surface area contributed by atoms with E-state index in [2.05, 4.69) is 27.8 Å². The highest BCUT2D eigenvalue weighted by molar-refractivity contribution is 7.85. The molecule has 2 heterocycles. The van der Waals surface area contributed by atoms with Crippen molar-refractivity contribution in [3.05, 3.63) is 90.0 Å². The minimum absolute atomic E-state index is 0.178. The van der Waals surface area contributed by atoms with Gasteiger partial charge < -0.3 is 4.55 Å². The molecular formula is C20H20N2O3S. The maximum atomic E-state index is 10.4. The van der Waals surface area contributed by atoms with E-state index >= 15 is 0 Å². The topological polar surface area (TPSA) is 74.0 Å². The summed E-state index contributed by atoms with van der Waals surface area (Å²) in [5.41, 5.74) is 3.26. The molecular weight excluding hydrogens is 348 g/mol. The molecule has 6 heteroatoms. The van der Waals surface area contributed by atoms with E-state index in [0.717, 1.165) is 11.1 Å². The minimum Gasteiger partial charge on any atom is -0.744 e. The summed E-state index contributed by atoms with van der Waals surface area (Å²) < 4.78 is 33.2. The van der Waals surface area contributed by atoms with E-state index in [1.54, 1.807) is 24.5 Å². The van der Waals surface area contributed by atoms with Crippen molar-refractivity contribution >= 4 is 22.3 Å². The van der Waals surface area contributed by atoms with E-state index in [0.29, 0.717) is 0 Å². The predicted octanol–water partition coefficient (Wildman–Crippen LogP) is 2.98. The van der Waals surface area contributed by atoms with E-state index in [4.69, 9.17) is 0 Å². The Bertz CT molecular complexity index is 967. The maximum absolute atomic E-state index is 10.4. The van der Waals surface area contributed by atoms with Crippen molar-refractivity contribution in [2.24, 2.45) is 7.05 Å². The SMILES string of the molecule is C[n+]1ccccc1C=Cc1ccncc1.Cc1ccc(S(=O)(=O)[O-])cc1. The van der Waals surface area contributed by atoms with E-state index in [-0.39, 0.29) is 4.90 Å². The molecule has 0 unspecified atom stereocenters. The summed E-state index contributed by atoms with van der Waals surface area (Å²) in [6, 6.07) is 15.9. The van der Waals surface area contributed by atoms with Crippen LogP contribution in [-0.2, 0) is 17.2 Å². The minimum atomic E-state index is -4.27. The van der Waals surface area contributed by atoms with Crippen LogP contribution < -0.4 is 4.57 Å². The van der Waals surface area contributed by atoms with Gasteiger partial charge in [-0.05, 0) is 48.9 Å². The summed E-state index contributed by atoms with van der Waals surface area (Å²) in [5.74, 6) is 0. The summed E-state index contributed by atoms with van der Waals surface area (Å²) >= 11 is 0. The quantitative estimate of drug-likeness (QED) is 0.526. The van der Waals surface area contributed by atoms with Crippen LogP contribution in [0.4, 0.5) is 0 Å². The van der Waals surface area contributed by atoms with E-state index < -0.39 is 10.1 Å². The zero-order chi connectivity index (χ0) is 19.0. The van der Waals surface area contributed by atoms with Crippen molar-refractivity contribution in [2.75, 3.05) is 0 Å². The second kappa shape index (κ2) is 9.03. The second-order valence-electron chi connectivity index (χ2n) is 5.62. The molecule has 0 fully saturated rings. The first-order chi connectivity index (χ1) is 12.4. The maximum Gasteiger partial charge on any atom is 0.204 e. The third kappa shape index (κ3) is 6.23. The first kappa shape index (κ1) is 19.5. The third-order valence-electron chi connectivity index (χ3n) is 3.56. The van der Waals surface area contributed by atoms with E-state index in [9.17, 15) is 13.0 Å². The molecule has 0 aliphatic carbocycles. The number of aromatic nitrogens is 2. The van der Waals surface area contributed by atoms with Gasteiger partial charge in [0.2, 0.25) is 5.69 Å². The molecule has 1 aromatic carbocycles. The van der Waals surface area contributed by atoms with Gasteiger partial charge in [-0.1, -0.05) is 17.7 Å². The fourth-order valence-corrected chi connectivity index (χ4v) is 2.54. The summed E-state index contributed by atoms with van der Waals surface area (Å²) in [5, 5.41) is 0. The Hall–Kier alpha value is -2.83. The molecule has 0 bridgehead atoms. The largest absolute Gasteiger partial charge is 0.744 e.